The van der Waals surface area contributed by atoms with Gasteiger partial charge in [0.15, 0.2) is 0 Å². The van der Waals surface area contributed by atoms with E-state index in [1.54, 1.807) is 6.07 Å². The van der Waals surface area contributed by atoms with Gasteiger partial charge in [0.25, 0.3) is 0 Å². The number of hydrogen-bond acceptors (Lipinski definition) is 3. The number of hydrogen-bond donors (Lipinski definition) is 2. The third kappa shape index (κ3) is 4.01. The number of rotatable bonds is 4. The van der Waals surface area contributed by atoms with E-state index in [2.05, 4.69) is 0 Å². The molecule has 0 spiro atoms. The minimum Gasteiger partial charge on any atom is -0.481 e. The number of likely N-dealkylation sites (tertiary alicyclic amines) is 1. The second-order valence-corrected chi connectivity index (χ2v) is 5.29. The van der Waals surface area contributed by atoms with E-state index in [0.29, 0.717) is 24.9 Å². The molecule has 0 radical (unpaired) electrons. The number of aliphatic carboxylic acids is 1. The van der Waals surface area contributed by atoms with Crippen molar-refractivity contribution in [2.45, 2.75) is 25.4 Å². The van der Waals surface area contributed by atoms with Crippen molar-refractivity contribution >= 4 is 11.9 Å². The molecular weight excluding hydrogens is 277 g/mol. The van der Waals surface area contributed by atoms with E-state index in [-0.39, 0.29) is 18.9 Å². The maximum atomic E-state index is 13.1. The second-order valence-electron chi connectivity index (χ2n) is 5.29. The lowest BCUT2D eigenvalue weighted by Crippen LogP contribution is -2.42. The Bertz CT molecular complexity index is 534. The van der Waals surface area contributed by atoms with Crippen LogP contribution in [0.25, 0.3) is 0 Å². The highest BCUT2D eigenvalue weighted by atomic mass is 19.1. The van der Waals surface area contributed by atoms with Crippen LogP contribution >= 0.6 is 0 Å². The van der Waals surface area contributed by atoms with E-state index in [0.717, 1.165) is 0 Å². The fourth-order valence-electron chi connectivity index (χ4n) is 2.53. The standard InChI is InChI=1S/C15H18FNO4/c16-12-5-1-3-10(7-12)13(18)8-14(19)17-6-2-4-11(9-17)15(20)21/h1,3,5,7,11,13,18H,2,4,6,8-9H2,(H,20,21)/t11-,13-/m0/s1. The lowest BCUT2D eigenvalue weighted by molar-refractivity contribution is -0.146. The van der Waals surface area contributed by atoms with Gasteiger partial charge in [0.1, 0.15) is 5.82 Å². The Morgan fingerprint density at radius 3 is 2.86 bits per heavy atom. The van der Waals surface area contributed by atoms with Crippen LogP contribution in [0.4, 0.5) is 4.39 Å². The maximum absolute atomic E-state index is 13.1. The second kappa shape index (κ2) is 6.67. The number of aliphatic hydroxyl groups is 1. The van der Waals surface area contributed by atoms with Crippen LogP contribution in [0.1, 0.15) is 30.9 Å². The third-order valence-corrected chi connectivity index (χ3v) is 3.72. The zero-order valence-electron chi connectivity index (χ0n) is 11.5. The molecule has 0 unspecified atom stereocenters. The number of carbonyl (C=O) groups is 2. The molecule has 0 aliphatic carbocycles. The largest absolute Gasteiger partial charge is 0.481 e. The molecule has 0 saturated carbocycles. The van der Waals surface area contributed by atoms with Crippen LogP contribution in [0, 0.1) is 11.7 Å². The molecule has 2 rings (SSSR count). The summed E-state index contributed by atoms with van der Waals surface area (Å²) in [6.07, 6.45) is -0.0569. The Balaban J connectivity index is 1.96. The SMILES string of the molecule is O=C(O)[C@H]1CCCN(C(=O)C[C@H](O)c2cccc(F)c2)C1. The molecule has 1 amide bonds. The van der Waals surface area contributed by atoms with Gasteiger partial charge in [0.05, 0.1) is 18.4 Å². The van der Waals surface area contributed by atoms with Gasteiger partial charge in [-0.05, 0) is 30.5 Å². The average molecular weight is 295 g/mol. The van der Waals surface area contributed by atoms with E-state index >= 15 is 0 Å². The van der Waals surface area contributed by atoms with E-state index < -0.39 is 23.8 Å². The van der Waals surface area contributed by atoms with E-state index in [4.69, 9.17) is 5.11 Å². The van der Waals surface area contributed by atoms with Crippen molar-refractivity contribution in [1.29, 1.82) is 0 Å². The molecular formula is C15H18FNO4. The van der Waals surface area contributed by atoms with Gasteiger partial charge in [0, 0.05) is 13.1 Å². The number of piperidine rings is 1. The highest BCUT2D eigenvalue weighted by Crippen LogP contribution is 2.22. The maximum Gasteiger partial charge on any atom is 0.308 e. The van der Waals surface area contributed by atoms with Crippen molar-refractivity contribution in [2.24, 2.45) is 5.92 Å². The van der Waals surface area contributed by atoms with Gasteiger partial charge >= 0.3 is 5.97 Å². The van der Waals surface area contributed by atoms with Crippen LogP contribution in [-0.4, -0.2) is 40.1 Å². The Morgan fingerprint density at radius 2 is 2.19 bits per heavy atom. The molecule has 114 valence electrons. The molecule has 1 heterocycles. The molecule has 1 aliphatic heterocycles. The van der Waals surface area contributed by atoms with Crippen LogP contribution in [-0.2, 0) is 9.59 Å². The molecule has 6 heteroatoms. The molecule has 1 fully saturated rings. The first-order chi connectivity index (χ1) is 9.97. The number of halogens is 1. The fourth-order valence-corrected chi connectivity index (χ4v) is 2.53. The fraction of sp³-hybridized carbons (Fsp3) is 0.467. The lowest BCUT2D eigenvalue weighted by atomic mass is 9.97. The third-order valence-electron chi connectivity index (χ3n) is 3.72. The van der Waals surface area contributed by atoms with Crippen molar-refractivity contribution in [3.05, 3.63) is 35.6 Å². The van der Waals surface area contributed by atoms with Crippen LogP contribution in [0.3, 0.4) is 0 Å². The monoisotopic (exact) mass is 295 g/mol. The molecule has 1 saturated heterocycles. The predicted molar refractivity (Wildman–Crippen MR) is 72.9 cm³/mol. The Hall–Kier alpha value is -1.95. The van der Waals surface area contributed by atoms with Gasteiger partial charge in [-0.3, -0.25) is 9.59 Å². The number of carboxylic acid groups (broad SMARTS) is 1. The van der Waals surface area contributed by atoms with E-state index in [1.165, 1.54) is 23.1 Å². The summed E-state index contributed by atoms with van der Waals surface area (Å²) in [6.45, 7) is 0.669. The van der Waals surface area contributed by atoms with Gasteiger partial charge in [-0.15, -0.1) is 0 Å². The summed E-state index contributed by atoms with van der Waals surface area (Å²) in [5.74, 6) is -2.23. The normalized spacial score (nSPS) is 20.1. The van der Waals surface area contributed by atoms with E-state index in [9.17, 15) is 19.1 Å². The number of carboxylic acids is 1. The van der Waals surface area contributed by atoms with Crippen molar-refractivity contribution in [3.63, 3.8) is 0 Å². The van der Waals surface area contributed by atoms with Gasteiger partial charge in [0.2, 0.25) is 5.91 Å². The zero-order valence-corrected chi connectivity index (χ0v) is 11.5. The summed E-state index contributed by atoms with van der Waals surface area (Å²) >= 11 is 0. The molecule has 1 aromatic carbocycles. The summed E-state index contributed by atoms with van der Waals surface area (Å²) in [5.41, 5.74) is 0.343. The number of aliphatic hydroxyl groups excluding tert-OH is 1. The van der Waals surface area contributed by atoms with Crippen molar-refractivity contribution in [3.8, 4) is 0 Å². The first kappa shape index (κ1) is 15.4. The lowest BCUT2D eigenvalue weighted by Gasteiger charge is -2.31. The van der Waals surface area contributed by atoms with Crippen LogP contribution < -0.4 is 0 Å². The average Bonchev–Trinajstić information content (AvgIpc) is 2.47. The first-order valence-corrected chi connectivity index (χ1v) is 6.91. The highest BCUT2D eigenvalue weighted by Gasteiger charge is 2.29. The van der Waals surface area contributed by atoms with Gasteiger partial charge < -0.3 is 15.1 Å². The Kier molecular flexibility index (Phi) is 4.90. The molecule has 0 aromatic heterocycles. The minimum atomic E-state index is -1.08. The molecule has 2 atom stereocenters. The van der Waals surface area contributed by atoms with Crippen LogP contribution in [0.5, 0.6) is 0 Å². The van der Waals surface area contributed by atoms with Gasteiger partial charge in [-0.1, -0.05) is 12.1 Å². The molecule has 21 heavy (non-hydrogen) atoms. The summed E-state index contributed by atoms with van der Waals surface area (Å²) < 4.78 is 13.1. The number of carbonyl (C=O) groups excluding carboxylic acids is 1. The van der Waals surface area contributed by atoms with Crippen molar-refractivity contribution < 1.29 is 24.2 Å². The quantitative estimate of drug-likeness (QED) is 0.884. The molecule has 2 N–H and O–H groups in total. The first-order valence-electron chi connectivity index (χ1n) is 6.91. The summed E-state index contributed by atoms with van der Waals surface area (Å²) in [6, 6.07) is 5.48. The molecule has 5 nitrogen and oxygen atoms in total. The number of nitrogens with zero attached hydrogens (tertiary/aromatic N) is 1. The van der Waals surface area contributed by atoms with Gasteiger partial charge in [-0.2, -0.15) is 0 Å². The molecule has 1 aromatic rings. The number of benzene rings is 1. The summed E-state index contributed by atoms with van der Waals surface area (Å²) in [4.78, 5) is 24.6. The number of amides is 1. The minimum absolute atomic E-state index is 0.171. The Morgan fingerprint density at radius 1 is 1.43 bits per heavy atom. The van der Waals surface area contributed by atoms with Crippen molar-refractivity contribution in [1.82, 2.24) is 4.90 Å². The Labute approximate surface area is 122 Å². The predicted octanol–water partition coefficient (Wildman–Crippen LogP) is 1.57. The van der Waals surface area contributed by atoms with Crippen LogP contribution in [0.15, 0.2) is 24.3 Å². The van der Waals surface area contributed by atoms with E-state index in [1.807, 2.05) is 0 Å². The molecule has 1 aliphatic rings. The van der Waals surface area contributed by atoms with Crippen LogP contribution in [0.2, 0.25) is 0 Å². The van der Waals surface area contributed by atoms with Gasteiger partial charge in [-0.25, -0.2) is 4.39 Å². The summed E-state index contributed by atoms with van der Waals surface area (Å²) in [5, 5.41) is 19.0. The highest BCUT2D eigenvalue weighted by molar-refractivity contribution is 5.78. The smallest absolute Gasteiger partial charge is 0.308 e. The summed E-state index contributed by atoms with van der Waals surface area (Å²) in [7, 11) is 0. The zero-order chi connectivity index (χ0) is 15.4. The van der Waals surface area contributed by atoms with Crippen molar-refractivity contribution in [2.75, 3.05) is 13.1 Å². The molecule has 0 bridgehead atoms. The topological polar surface area (TPSA) is 77.8 Å².